The molecule has 1 aliphatic heterocycles. The number of benzene rings is 2. The average molecular weight is 446 g/mol. The van der Waals surface area contributed by atoms with E-state index in [2.05, 4.69) is 0 Å². The van der Waals surface area contributed by atoms with E-state index in [-0.39, 0.29) is 27.6 Å². The van der Waals surface area contributed by atoms with Crippen LogP contribution in [0.3, 0.4) is 0 Å². The third kappa shape index (κ3) is 3.88. The number of aliphatic hydroxyl groups is 1. The summed E-state index contributed by atoms with van der Waals surface area (Å²) in [7, 11) is 0. The number of nitrogens with zero attached hydrogens (tertiary/aromatic N) is 4. The molecule has 1 unspecified atom stereocenters. The van der Waals surface area contributed by atoms with Crippen molar-refractivity contribution in [3.8, 4) is 11.4 Å². The molecule has 2 heterocycles. The molecule has 1 aromatic heterocycles. The number of hydrogen-bond donors (Lipinski definition) is 1. The Bertz CT molecular complexity index is 1160. The van der Waals surface area contributed by atoms with E-state index in [1.54, 1.807) is 0 Å². The summed E-state index contributed by atoms with van der Waals surface area (Å²) >= 11 is 0. The maximum absolute atomic E-state index is 13.1. The maximum Gasteiger partial charge on any atom is 0.426 e. The van der Waals surface area contributed by atoms with E-state index in [9.17, 15) is 23.1 Å². The topological polar surface area (TPSA) is 69.6 Å². The number of piperazine rings is 1. The standard InChI is InChI=1S/C23H23F3N4O2.H2/c1-15-7-3-4-8-16(15)19-27-18-10-6-5-9-17(18)20(28-19)29-11-13-30(14-12-29)21(31)22(2,32)23(24,25)26;/h3-10,32H,11-14H2,1-2H3;1H. The lowest BCUT2D eigenvalue weighted by Gasteiger charge is -2.39. The molecule has 1 aliphatic rings. The van der Waals surface area contributed by atoms with Gasteiger partial charge in [0.1, 0.15) is 5.82 Å². The maximum atomic E-state index is 13.1. The van der Waals surface area contributed by atoms with E-state index in [4.69, 9.17) is 9.97 Å². The third-order valence-electron chi connectivity index (χ3n) is 5.80. The van der Waals surface area contributed by atoms with Crippen molar-refractivity contribution < 1.29 is 24.5 Å². The highest BCUT2D eigenvalue weighted by atomic mass is 19.4. The molecule has 1 amide bonds. The van der Waals surface area contributed by atoms with Gasteiger partial charge in [-0.1, -0.05) is 36.4 Å². The van der Waals surface area contributed by atoms with Gasteiger partial charge in [-0.15, -0.1) is 0 Å². The summed E-state index contributed by atoms with van der Waals surface area (Å²) in [5.41, 5.74) is -0.725. The Kier molecular flexibility index (Phi) is 5.54. The number of rotatable bonds is 3. The van der Waals surface area contributed by atoms with Gasteiger partial charge in [-0.25, -0.2) is 9.97 Å². The number of para-hydroxylation sites is 1. The largest absolute Gasteiger partial charge is 0.426 e. The average Bonchev–Trinajstić information content (AvgIpc) is 2.77. The van der Waals surface area contributed by atoms with Crippen LogP contribution in [-0.2, 0) is 4.79 Å². The van der Waals surface area contributed by atoms with Crippen molar-refractivity contribution in [2.24, 2.45) is 0 Å². The van der Waals surface area contributed by atoms with Gasteiger partial charge in [0.2, 0.25) is 5.60 Å². The zero-order valence-electron chi connectivity index (χ0n) is 17.7. The molecule has 1 atom stereocenters. The van der Waals surface area contributed by atoms with Crippen molar-refractivity contribution >= 4 is 22.6 Å². The second-order valence-electron chi connectivity index (χ2n) is 8.05. The fourth-order valence-corrected chi connectivity index (χ4v) is 3.80. The van der Waals surface area contributed by atoms with Crippen molar-refractivity contribution in [1.82, 2.24) is 14.9 Å². The minimum absolute atomic E-state index is 0. The van der Waals surface area contributed by atoms with Crippen molar-refractivity contribution in [2.75, 3.05) is 31.1 Å². The van der Waals surface area contributed by atoms with Crippen LogP contribution in [0.1, 0.15) is 13.9 Å². The van der Waals surface area contributed by atoms with Crippen LogP contribution in [0.25, 0.3) is 22.3 Å². The SMILES string of the molecule is Cc1ccccc1-c1nc(N2CCN(C(=O)C(C)(O)C(F)(F)F)CC2)c2ccccc2n1.[HH]. The Morgan fingerprint density at radius 3 is 2.28 bits per heavy atom. The van der Waals surface area contributed by atoms with Crippen molar-refractivity contribution in [3.63, 3.8) is 0 Å². The first-order chi connectivity index (χ1) is 15.1. The quantitative estimate of drug-likeness (QED) is 0.663. The van der Waals surface area contributed by atoms with E-state index < -0.39 is 17.7 Å². The summed E-state index contributed by atoms with van der Waals surface area (Å²) in [6.07, 6.45) is -5.04. The first kappa shape index (κ1) is 22.0. The molecule has 2 aromatic carbocycles. The van der Waals surface area contributed by atoms with Gasteiger partial charge in [0, 0.05) is 38.6 Å². The van der Waals surface area contributed by atoms with E-state index in [1.165, 1.54) is 0 Å². The Morgan fingerprint density at radius 1 is 1.00 bits per heavy atom. The molecule has 1 fully saturated rings. The molecule has 1 N–H and O–H groups in total. The lowest BCUT2D eigenvalue weighted by molar-refractivity contribution is -0.250. The predicted octanol–water partition coefficient (Wildman–Crippen LogP) is 3.81. The van der Waals surface area contributed by atoms with E-state index in [0.29, 0.717) is 18.6 Å². The zero-order chi connectivity index (χ0) is 23.1. The van der Waals surface area contributed by atoms with Gasteiger partial charge in [0.15, 0.2) is 5.82 Å². The van der Waals surface area contributed by atoms with Gasteiger partial charge in [-0.3, -0.25) is 4.79 Å². The van der Waals surface area contributed by atoms with E-state index in [1.807, 2.05) is 60.4 Å². The molecule has 6 nitrogen and oxygen atoms in total. The van der Waals surface area contributed by atoms with Crippen molar-refractivity contribution in [3.05, 3.63) is 54.1 Å². The third-order valence-corrected chi connectivity index (χ3v) is 5.80. The molecule has 0 spiro atoms. The second-order valence-corrected chi connectivity index (χ2v) is 8.05. The van der Waals surface area contributed by atoms with Crippen molar-refractivity contribution in [1.29, 1.82) is 0 Å². The summed E-state index contributed by atoms with van der Waals surface area (Å²) in [5, 5.41) is 10.6. The number of amides is 1. The van der Waals surface area contributed by atoms with E-state index >= 15 is 0 Å². The van der Waals surface area contributed by atoms with Crippen molar-refractivity contribution in [2.45, 2.75) is 25.6 Å². The molecule has 1 saturated heterocycles. The number of carbonyl (C=O) groups is 1. The Morgan fingerprint density at radius 2 is 1.62 bits per heavy atom. The number of aromatic nitrogens is 2. The molecule has 3 aromatic rings. The summed E-state index contributed by atoms with van der Waals surface area (Å²) in [6, 6.07) is 15.3. The van der Waals surface area contributed by atoms with Crippen LogP contribution >= 0.6 is 0 Å². The summed E-state index contributed by atoms with van der Waals surface area (Å²) in [6.45, 7) is 3.13. The van der Waals surface area contributed by atoms with Crippen LogP contribution in [0.5, 0.6) is 0 Å². The first-order valence-corrected chi connectivity index (χ1v) is 10.3. The monoisotopic (exact) mass is 446 g/mol. The molecule has 0 saturated carbocycles. The Hall–Kier alpha value is -3.20. The van der Waals surface area contributed by atoms with Gasteiger partial charge in [0.05, 0.1) is 5.52 Å². The smallest absolute Gasteiger partial charge is 0.373 e. The van der Waals surface area contributed by atoms with Crippen LogP contribution in [0.15, 0.2) is 48.5 Å². The van der Waals surface area contributed by atoms with Crippen LogP contribution in [0, 0.1) is 6.92 Å². The Labute approximate surface area is 184 Å². The van der Waals surface area contributed by atoms with Gasteiger partial charge < -0.3 is 14.9 Å². The van der Waals surface area contributed by atoms with Gasteiger partial charge in [-0.05, 0) is 31.5 Å². The number of anilines is 1. The van der Waals surface area contributed by atoms with Crippen LogP contribution < -0.4 is 4.90 Å². The Balaban J connectivity index is 0.00000306. The number of carbonyl (C=O) groups excluding carboxylic acids is 1. The van der Waals surface area contributed by atoms with Gasteiger partial charge >= 0.3 is 6.18 Å². The molecule has 32 heavy (non-hydrogen) atoms. The van der Waals surface area contributed by atoms with Gasteiger partial charge in [0.25, 0.3) is 5.91 Å². The summed E-state index contributed by atoms with van der Waals surface area (Å²) in [4.78, 5) is 24.8. The highest BCUT2D eigenvalue weighted by Gasteiger charge is 2.57. The second kappa shape index (κ2) is 8.05. The fourth-order valence-electron chi connectivity index (χ4n) is 3.80. The molecule has 0 bridgehead atoms. The lowest BCUT2D eigenvalue weighted by Crippen LogP contribution is -2.60. The number of aryl methyl sites for hydroxylation is 1. The zero-order valence-corrected chi connectivity index (χ0v) is 17.7. The molecule has 4 rings (SSSR count). The minimum atomic E-state index is -5.04. The molecular formula is C23H25F3N4O2. The normalized spacial score (nSPS) is 16.8. The number of hydrogen-bond acceptors (Lipinski definition) is 5. The number of alkyl halides is 3. The number of halogens is 3. The van der Waals surface area contributed by atoms with Gasteiger partial charge in [-0.2, -0.15) is 13.2 Å². The number of fused-ring (bicyclic) bond motifs is 1. The molecular weight excluding hydrogens is 421 g/mol. The molecule has 9 heteroatoms. The fraction of sp³-hybridized carbons (Fsp3) is 0.348. The highest BCUT2D eigenvalue weighted by molar-refractivity contribution is 5.91. The highest BCUT2D eigenvalue weighted by Crippen LogP contribution is 2.33. The first-order valence-electron chi connectivity index (χ1n) is 10.3. The molecule has 0 aliphatic carbocycles. The summed E-state index contributed by atoms with van der Waals surface area (Å²) in [5.74, 6) is -0.100. The van der Waals surface area contributed by atoms with Crippen LogP contribution in [0.2, 0.25) is 0 Å². The van der Waals surface area contributed by atoms with Crippen LogP contribution in [0.4, 0.5) is 19.0 Å². The minimum Gasteiger partial charge on any atom is -0.373 e. The molecule has 170 valence electrons. The lowest BCUT2D eigenvalue weighted by atomic mass is 10.0. The van der Waals surface area contributed by atoms with Crippen LogP contribution in [-0.4, -0.2) is 63.8 Å². The predicted molar refractivity (Wildman–Crippen MR) is 117 cm³/mol. The molecule has 0 radical (unpaired) electrons. The summed E-state index contributed by atoms with van der Waals surface area (Å²) < 4.78 is 39.2. The van der Waals surface area contributed by atoms with E-state index in [0.717, 1.165) is 26.9 Å².